The van der Waals surface area contributed by atoms with E-state index in [2.05, 4.69) is 10.5 Å². The van der Waals surface area contributed by atoms with E-state index in [0.29, 0.717) is 11.1 Å². The zero-order valence-electron chi connectivity index (χ0n) is 8.53. The topological polar surface area (TPSA) is 70.6 Å². The first kappa shape index (κ1) is 12.4. The van der Waals surface area contributed by atoms with Crippen LogP contribution < -0.4 is 11.1 Å². The number of rotatable bonds is 5. The van der Waals surface area contributed by atoms with Gasteiger partial charge in [-0.25, -0.2) is 8.78 Å². The molecular formula is C10H13F2N3O. The van der Waals surface area contributed by atoms with Gasteiger partial charge in [-0.2, -0.15) is 0 Å². The number of alkyl halides is 2. The maximum Gasteiger partial charge on any atom is 0.250 e. The van der Waals surface area contributed by atoms with Gasteiger partial charge in [-0.3, -0.25) is 0 Å². The fourth-order valence-electron chi connectivity index (χ4n) is 1.29. The fourth-order valence-corrected chi connectivity index (χ4v) is 1.29. The van der Waals surface area contributed by atoms with Crippen LogP contribution in [0.1, 0.15) is 11.1 Å². The van der Waals surface area contributed by atoms with E-state index in [-0.39, 0.29) is 18.9 Å². The van der Waals surface area contributed by atoms with Gasteiger partial charge in [0.2, 0.25) is 0 Å². The monoisotopic (exact) mass is 229 g/mol. The van der Waals surface area contributed by atoms with Gasteiger partial charge in [0.25, 0.3) is 6.43 Å². The summed E-state index contributed by atoms with van der Waals surface area (Å²) in [7, 11) is 0. The Hall–Kier alpha value is -1.69. The van der Waals surface area contributed by atoms with Gasteiger partial charge in [-0.1, -0.05) is 29.4 Å². The molecule has 0 radical (unpaired) electrons. The van der Waals surface area contributed by atoms with E-state index in [1.165, 1.54) is 0 Å². The summed E-state index contributed by atoms with van der Waals surface area (Å²) in [5, 5.41) is 14.0. The van der Waals surface area contributed by atoms with Crippen LogP contribution in [0.2, 0.25) is 0 Å². The van der Waals surface area contributed by atoms with Gasteiger partial charge in [0.15, 0.2) is 5.84 Å². The molecule has 0 fully saturated rings. The van der Waals surface area contributed by atoms with E-state index < -0.39 is 6.43 Å². The molecule has 0 aromatic heterocycles. The molecule has 16 heavy (non-hydrogen) atoms. The summed E-state index contributed by atoms with van der Waals surface area (Å²) < 4.78 is 23.8. The van der Waals surface area contributed by atoms with E-state index in [0.717, 1.165) is 0 Å². The highest BCUT2D eigenvalue weighted by Gasteiger charge is 2.07. The molecule has 0 atom stereocenters. The predicted octanol–water partition coefficient (Wildman–Crippen LogP) is 1.14. The normalized spacial score (nSPS) is 12.1. The molecule has 0 heterocycles. The minimum atomic E-state index is -2.39. The molecule has 0 saturated carbocycles. The third-order valence-electron chi connectivity index (χ3n) is 2.02. The van der Waals surface area contributed by atoms with Gasteiger partial charge in [0, 0.05) is 12.1 Å². The second-order valence-corrected chi connectivity index (χ2v) is 3.16. The molecule has 0 aliphatic heterocycles. The summed E-state index contributed by atoms with van der Waals surface area (Å²) in [5.74, 6) is -0.0329. The first-order valence-corrected chi connectivity index (χ1v) is 4.69. The lowest BCUT2D eigenvalue weighted by Crippen LogP contribution is -2.23. The molecule has 0 aliphatic rings. The van der Waals surface area contributed by atoms with Crippen molar-refractivity contribution < 1.29 is 14.0 Å². The molecule has 1 aromatic rings. The number of nitrogens with zero attached hydrogens (tertiary/aromatic N) is 1. The Bertz CT molecular complexity index is 369. The predicted molar refractivity (Wildman–Crippen MR) is 56.7 cm³/mol. The number of oxime groups is 1. The van der Waals surface area contributed by atoms with Crippen molar-refractivity contribution in [2.45, 2.75) is 13.0 Å². The van der Waals surface area contributed by atoms with Gasteiger partial charge < -0.3 is 16.3 Å². The van der Waals surface area contributed by atoms with Crippen LogP contribution in [0.5, 0.6) is 0 Å². The van der Waals surface area contributed by atoms with Crippen molar-refractivity contribution >= 4 is 5.84 Å². The first-order chi connectivity index (χ1) is 7.65. The Labute approximate surface area is 91.8 Å². The fraction of sp³-hybridized carbons (Fsp3) is 0.300. The Morgan fingerprint density at radius 2 is 2.12 bits per heavy atom. The maximum absolute atomic E-state index is 11.9. The number of hydrogen-bond acceptors (Lipinski definition) is 3. The molecule has 1 aromatic carbocycles. The number of hydrogen-bond donors (Lipinski definition) is 3. The van der Waals surface area contributed by atoms with Gasteiger partial charge in [-0.15, -0.1) is 0 Å². The molecular weight excluding hydrogens is 216 g/mol. The highest BCUT2D eigenvalue weighted by atomic mass is 19.3. The molecule has 0 aliphatic carbocycles. The van der Waals surface area contributed by atoms with Crippen LogP contribution >= 0.6 is 0 Å². The number of benzene rings is 1. The second kappa shape index (κ2) is 6.02. The van der Waals surface area contributed by atoms with Gasteiger partial charge in [0.05, 0.1) is 6.54 Å². The van der Waals surface area contributed by atoms with Crippen molar-refractivity contribution in [2.24, 2.45) is 10.9 Å². The second-order valence-electron chi connectivity index (χ2n) is 3.16. The van der Waals surface area contributed by atoms with Gasteiger partial charge in [0.1, 0.15) is 0 Å². The molecule has 1 rings (SSSR count). The molecule has 4 N–H and O–H groups in total. The largest absolute Gasteiger partial charge is 0.409 e. The van der Waals surface area contributed by atoms with Crippen LogP contribution in [0.4, 0.5) is 8.78 Å². The molecule has 4 nitrogen and oxygen atoms in total. The number of halogens is 2. The molecule has 0 spiro atoms. The zero-order valence-corrected chi connectivity index (χ0v) is 8.53. The summed E-state index contributed by atoms with van der Waals surface area (Å²) in [5.41, 5.74) is 6.69. The van der Waals surface area contributed by atoms with Crippen LogP contribution in [0.25, 0.3) is 0 Å². The lowest BCUT2D eigenvalue weighted by molar-refractivity contribution is 0.145. The standard InChI is InChI=1S/C10H13F2N3O/c11-9(12)6-14-5-7-3-1-2-4-8(7)10(13)15-16/h1-4,9,14,16H,5-6H2,(H2,13,15). The van der Waals surface area contributed by atoms with Crippen molar-refractivity contribution in [1.82, 2.24) is 5.32 Å². The minimum absolute atomic E-state index is 0.0329. The molecule has 6 heteroatoms. The first-order valence-electron chi connectivity index (χ1n) is 4.69. The van der Waals surface area contributed by atoms with E-state index in [4.69, 9.17) is 10.9 Å². The molecule has 0 unspecified atom stereocenters. The summed E-state index contributed by atoms with van der Waals surface area (Å²) in [6.45, 7) is -0.138. The zero-order chi connectivity index (χ0) is 12.0. The average Bonchev–Trinajstić information content (AvgIpc) is 2.28. The van der Waals surface area contributed by atoms with Crippen LogP contribution in [0, 0.1) is 0 Å². The van der Waals surface area contributed by atoms with E-state index in [1.54, 1.807) is 24.3 Å². The minimum Gasteiger partial charge on any atom is -0.409 e. The summed E-state index contributed by atoms with van der Waals surface area (Å²) in [4.78, 5) is 0. The number of nitrogens with one attached hydrogen (secondary N) is 1. The third-order valence-corrected chi connectivity index (χ3v) is 2.02. The smallest absolute Gasteiger partial charge is 0.250 e. The maximum atomic E-state index is 11.9. The Kier molecular flexibility index (Phi) is 4.65. The van der Waals surface area contributed by atoms with Crippen LogP contribution in [-0.4, -0.2) is 24.0 Å². The van der Waals surface area contributed by atoms with Crippen LogP contribution in [0.3, 0.4) is 0 Å². The highest BCUT2D eigenvalue weighted by molar-refractivity contribution is 5.98. The van der Waals surface area contributed by atoms with Gasteiger partial charge in [-0.05, 0) is 5.56 Å². The molecule has 0 saturated heterocycles. The SMILES string of the molecule is N/C(=N/O)c1ccccc1CNCC(F)F. The van der Waals surface area contributed by atoms with Crippen molar-refractivity contribution in [3.05, 3.63) is 35.4 Å². The van der Waals surface area contributed by atoms with Crippen molar-refractivity contribution in [3.8, 4) is 0 Å². The summed E-state index contributed by atoms with van der Waals surface area (Å²) >= 11 is 0. The number of nitrogens with two attached hydrogens (primary N) is 1. The molecule has 0 amide bonds. The summed E-state index contributed by atoms with van der Waals surface area (Å²) in [6.07, 6.45) is -2.39. The molecule has 0 bridgehead atoms. The average molecular weight is 229 g/mol. The Morgan fingerprint density at radius 1 is 1.44 bits per heavy atom. The van der Waals surface area contributed by atoms with Crippen LogP contribution in [0.15, 0.2) is 29.4 Å². The Morgan fingerprint density at radius 3 is 2.75 bits per heavy atom. The lowest BCUT2D eigenvalue weighted by Gasteiger charge is -2.08. The van der Waals surface area contributed by atoms with Crippen molar-refractivity contribution in [1.29, 1.82) is 0 Å². The van der Waals surface area contributed by atoms with E-state index >= 15 is 0 Å². The highest BCUT2D eigenvalue weighted by Crippen LogP contribution is 2.08. The summed E-state index contributed by atoms with van der Waals surface area (Å²) in [6, 6.07) is 6.87. The van der Waals surface area contributed by atoms with Crippen molar-refractivity contribution in [2.75, 3.05) is 6.54 Å². The Balaban J connectivity index is 2.72. The molecule has 88 valence electrons. The number of amidine groups is 1. The van der Waals surface area contributed by atoms with Crippen LogP contribution in [-0.2, 0) is 6.54 Å². The quantitative estimate of drug-likeness (QED) is 0.307. The van der Waals surface area contributed by atoms with E-state index in [1.807, 2.05) is 0 Å². The van der Waals surface area contributed by atoms with Crippen molar-refractivity contribution in [3.63, 3.8) is 0 Å². The van der Waals surface area contributed by atoms with E-state index in [9.17, 15) is 8.78 Å². The van der Waals surface area contributed by atoms with Gasteiger partial charge >= 0.3 is 0 Å². The lowest BCUT2D eigenvalue weighted by atomic mass is 10.1. The third kappa shape index (κ3) is 3.47.